The maximum atomic E-state index is 10.8. The van der Waals surface area contributed by atoms with Crippen LogP contribution in [-0.4, -0.2) is 36.4 Å². The Morgan fingerprint density at radius 1 is 1.50 bits per heavy atom. The minimum absolute atomic E-state index is 0.280. The van der Waals surface area contributed by atoms with Crippen LogP contribution in [0.2, 0.25) is 0 Å². The fourth-order valence-corrected chi connectivity index (χ4v) is 1.08. The standard InChI is InChI=1S/C6H12N2O5S/c1-5(2-3-14(11,12)13)8-6(9)4-7-10/h2,7,10H,3-4H2,1H3,(H,8,9)(H,11,12,13)/b5-2-. The van der Waals surface area contributed by atoms with Gasteiger partial charge in [-0.2, -0.15) is 13.9 Å². The highest BCUT2D eigenvalue weighted by molar-refractivity contribution is 7.85. The van der Waals surface area contributed by atoms with Gasteiger partial charge in [-0.25, -0.2) is 0 Å². The molecule has 0 fully saturated rings. The number of nitrogens with one attached hydrogen (secondary N) is 2. The number of amides is 1. The summed E-state index contributed by atoms with van der Waals surface area (Å²) in [5, 5.41) is 10.4. The Morgan fingerprint density at radius 2 is 2.07 bits per heavy atom. The van der Waals surface area contributed by atoms with Crippen LogP contribution < -0.4 is 10.8 Å². The first-order valence-corrected chi connectivity index (χ1v) is 5.25. The second kappa shape index (κ2) is 5.70. The number of allylic oxidation sites excluding steroid dienone is 1. The molecular formula is C6H12N2O5S. The van der Waals surface area contributed by atoms with Crippen molar-refractivity contribution in [3.63, 3.8) is 0 Å². The van der Waals surface area contributed by atoms with Crippen molar-refractivity contribution >= 4 is 16.0 Å². The average Bonchev–Trinajstić information content (AvgIpc) is 2.00. The zero-order chi connectivity index (χ0) is 11.2. The maximum absolute atomic E-state index is 10.8. The smallest absolute Gasteiger partial charge is 0.268 e. The quantitative estimate of drug-likeness (QED) is 0.347. The SMILES string of the molecule is C/C(=C/CS(=O)(=O)O)NC(=O)CNO. The van der Waals surface area contributed by atoms with E-state index in [1.165, 1.54) is 6.92 Å². The Balaban J connectivity index is 4.08. The van der Waals surface area contributed by atoms with Gasteiger partial charge >= 0.3 is 0 Å². The van der Waals surface area contributed by atoms with Gasteiger partial charge in [-0.15, -0.1) is 0 Å². The minimum atomic E-state index is -4.06. The minimum Gasteiger partial charge on any atom is -0.329 e. The lowest BCUT2D eigenvalue weighted by Gasteiger charge is -2.03. The van der Waals surface area contributed by atoms with Crippen LogP contribution in [0.3, 0.4) is 0 Å². The van der Waals surface area contributed by atoms with Crippen LogP contribution in [0.5, 0.6) is 0 Å². The van der Waals surface area contributed by atoms with Crippen LogP contribution in [0.4, 0.5) is 0 Å². The lowest BCUT2D eigenvalue weighted by molar-refractivity contribution is -0.121. The maximum Gasteiger partial charge on any atom is 0.268 e. The summed E-state index contributed by atoms with van der Waals surface area (Å²) in [7, 11) is -4.06. The number of hydrogen-bond acceptors (Lipinski definition) is 5. The summed E-state index contributed by atoms with van der Waals surface area (Å²) in [6.45, 7) is 1.16. The zero-order valence-corrected chi connectivity index (χ0v) is 8.34. The molecule has 14 heavy (non-hydrogen) atoms. The van der Waals surface area contributed by atoms with Crippen molar-refractivity contribution in [3.05, 3.63) is 11.8 Å². The van der Waals surface area contributed by atoms with Gasteiger partial charge < -0.3 is 10.5 Å². The van der Waals surface area contributed by atoms with Crippen molar-refractivity contribution in [1.29, 1.82) is 0 Å². The summed E-state index contributed by atoms with van der Waals surface area (Å²) in [5.74, 6) is -1.08. The number of carbonyl (C=O) groups excluding carboxylic acids is 1. The molecule has 1 amide bonds. The Kier molecular flexibility index (Phi) is 5.31. The van der Waals surface area contributed by atoms with E-state index in [1.807, 2.05) is 0 Å². The third-order valence-corrected chi connectivity index (χ3v) is 1.76. The average molecular weight is 224 g/mol. The van der Waals surface area contributed by atoms with Gasteiger partial charge in [-0.1, -0.05) is 0 Å². The van der Waals surface area contributed by atoms with Crippen LogP contribution in [0.1, 0.15) is 6.92 Å². The molecule has 0 saturated carbocycles. The molecule has 0 bridgehead atoms. The molecule has 0 unspecified atom stereocenters. The molecule has 0 aliphatic heterocycles. The van der Waals surface area contributed by atoms with E-state index in [-0.39, 0.29) is 12.2 Å². The van der Waals surface area contributed by atoms with Crippen molar-refractivity contribution in [2.24, 2.45) is 0 Å². The van der Waals surface area contributed by atoms with Crippen molar-refractivity contribution in [2.75, 3.05) is 12.3 Å². The van der Waals surface area contributed by atoms with Gasteiger partial charge in [-0.05, 0) is 13.0 Å². The first kappa shape index (κ1) is 13.0. The first-order valence-electron chi connectivity index (χ1n) is 3.64. The van der Waals surface area contributed by atoms with Crippen molar-refractivity contribution in [1.82, 2.24) is 10.8 Å². The molecular weight excluding hydrogens is 212 g/mol. The highest BCUT2D eigenvalue weighted by atomic mass is 32.2. The predicted molar refractivity (Wildman–Crippen MR) is 48.1 cm³/mol. The van der Waals surface area contributed by atoms with Gasteiger partial charge in [0.2, 0.25) is 5.91 Å². The first-order chi connectivity index (χ1) is 6.35. The van der Waals surface area contributed by atoms with Crippen LogP contribution in [0, 0.1) is 0 Å². The largest absolute Gasteiger partial charge is 0.329 e. The van der Waals surface area contributed by atoms with Crippen LogP contribution in [-0.2, 0) is 14.9 Å². The fourth-order valence-electron chi connectivity index (χ4n) is 0.617. The third-order valence-electron chi connectivity index (χ3n) is 1.18. The fraction of sp³-hybridized carbons (Fsp3) is 0.500. The normalized spacial score (nSPS) is 12.6. The Morgan fingerprint density at radius 3 is 2.50 bits per heavy atom. The Hall–Kier alpha value is -0.960. The topological polar surface area (TPSA) is 116 Å². The predicted octanol–water partition coefficient (Wildman–Crippen LogP) is -1.13. The molecule has 0 atom stereocenters. The number of rotatable bonds is 5. The van der Waals surface area contributed by atoms with Crippen molar-refractivity contribution in [2.45, 2.75) is 6.92 Å². The van der Waals surface area contributed by atoms with E-state index in [2.05, 4.69) is 5.32 Å². The second-order valence-electron chi connectivity index (χ2n) is 2.52. The molecule has 82 valence electrons. The third kappa shape index (κ3) is 7.68. The molecule has 0 rings (SSSR count). The molecule has 0 aromatic carbocycles. The van der Waals surface area contributed by atoms with Crippen LogP contribution in [0.25, 0.3) is 0 Å². The van der Waals surface area contributed by atoms with E-state index in [4.69, 9.17) is 9.76 Å². The van der Waals surface area contributed by atoms with Gasteiger partial charge in [-0.3, -0.25) is 9.35 Å². The summed E-state index contributed by atoms with van der Waals surface area (Å²) in [4.78, 5) is 10.8. The lowest BCUT2D eigenvalue weighted by atomic mass is 10.4. The highest BCUT2D eigenvalue weighted by Crippen LogP contribution is 1.90. The van der Waals surface area contributed by atoms with Gasteiger partial charge in [0.1, 0.15) is 6.54 Å². The summed E-state index contributed by atoms with van der Waals surface area (Å²) >= 11 is 0. The summed E-state index contributed by atoms with van der Waals surface area (Å²) in [6, 6.07) is 0. The van der Waals surface area contributed by atoms with Gasteiger partial charge in [0.05, 0.1) is 5.75 Å². The van der Waals surface area contributed by atoms with E-state index in [0.717, 1.165) is 6.08 Å². The Bertz CT molecular complexity index is 321. The van der Waals surface area contributed by atoms with Crippen molar-refractivity contribution < 1.29 is 23.0 Å². The molecule has 0 aliphatic carbocycles. The second-order valence-corrected chi connectivity index (χ2v) is 4.02. The monoisotopic (exact) mass is 224 g/mol. The molecule has 0 aromatic heterocycles. The number of hydroxylamine groups is 1. The molecule has 0 aromatic rings. The molecule has 7 nitrogen and oxygen atoms in total. The summed E-state index contributed by atoms with van der Waals surface area (Å²) in [6.07, 6.45) is 1.14. The molecule has 0 aliphatic rings. The number of hydrogen-bond donors (Lipinski definition) is 4. The molecule has 0 radical (unpaired) electrons. The molecule has 0 spiro atoms. The van der Waals surface area contributed by atoms with E-state index >= 15 is 0 Å². The van der Waals surface area contributed by atoms with Crippen molar-refractivity contribution in [3.8, 4) is 0 Å². The number of carbonyl (C=O) groups is 1. The van der Waals surface area contributed by atoms with E-state index < -0.39 is 21.8 Å². The van der Waals surface area contributed by atoms with E-state index in [9.17, 15) is 13.2 Å². The molecule has 0 heterocycles. The van der Waals surface area contributed by atoms with E-state index in [1.54, 1.807) is 5.48 Å². The highest BCUT2D eigenvalue weighted by Gasteiger charge is 2.03. The summed E-state index contributed by atoms with van der Waals surface area (Å²) < 4.78 is 29.0. The van der Waals surface area contributed by atoms with Gasteiger partial charge in [0.25, 0.3) is 10.1 Å². The van der Waals surface area contributed by atoms with Crippen LogP contribution in [0.15, 0.2) is 11.8 Å². The molecule has 4 N–H and O–H groups in total. The molecule has 0 saturated heterocycles. The van der Waals surface area contributed by atoms with Gasteiger partial charge in [0, 0.05) is 5.70 Å². The molecule has 8 heteroatoms. The zero-order valence-electron chi connectivity index (χ0n) is 7.52. The Labute approximate surface area is 81.5 Å². The van der Waals surface area contributed by atoms with E-state index in [0.29, 0.717) is 0 Å². The van der Waals surface area contributed by atoms with Crippen LogP contribution >= 0.6 is 0 Å². The lowest BCUT2D eigenvalue weighted by Crippen LogP contribution is -2.31. The van der Waals surface area contributed by atoms with Gasteiger partial charge in [0.15, 0.2) is 0 Å². The summed E-state index contributed by atoms with van der Waals surface area (Å²) in [5.41, 5.74) is 1.92.